The van der Waals surface area contributed by atoms with Gasteiger partial charge in [-0.25, -0.2) is 14.4 Å². The van der Waals surface area contributed by atoms with Crippen molar-refractivity contribution in [1.82, 2.24) is 9.97 Å². The molecule has 0 radical (unpaired) electrons. The van der Waals surface area contributed by atoms with Crippen LogP contribution in [-0.4, -0.2) is 48.3 Å². The van der Waals surface area contributed by atoms with Gasteiger partial charge in [0, 0.05) is 12.0 Å². The summed E-state index contributed by atoms with van der Waals surface area (Å²) < 4.78 is 33.2. The number of rotatable bonds is 6. The van der Waals surface area contributed by atoms with Gasteiger partial charge in [-0.3, -0.25) is 14.0 Å². The molecule has 4 rings (SSSR count). The fourth-order valence-corrected chi connectivity index (χ4v) is 7.69. The molecule has 0 saturated carbocycles. The number of Topliss-reactive ketones (excluding diaryl/α,β-unsaturated/α-hetero) is 1. The van der Waals surface area contributed by atoms with Gasteiger partial charge in [-0.05, 0) is 66.7 Å². The molecule has 0 amide bonds. The zero-order chi connectivity index (χ0) is 24.7. The van der Waals surface area contributed by atoms with Crippen LogP contribution in [0.25, 0.3) is 0 Å². The number of aromatic nitrogens is 2. The summed E-state index contributed by atoms with van der Waals surface area (Å²) in [6, 6.07) is 4.46. The fourth-order valence-electron chi connectivity index (χ4n) is 4.78. The van der Waals surface area contributed by atoms with E-state index in [-0.39, 0.29) is 41.8 Å². The van der Waals surface area contributed by atoms with Crippen LogP contribution in [0.4, 0.5) is 4.39 Å². The Hall–Kier alpha value is -3.25. The maximum Gasteiger partial charge on any atom is 0.233 e. The molecule has 178 valence electrons. The van der Waals surface area contributed by atoms with E-state index in [0.717, 1.165) is 0 Å². The van der Waals surface area contributed by atoms with Gasteiger partial charge in [0.1, 0.15) is 22.9 Å². The lowest BCUT2D eigenvalue weighted by atomic mass is 9.85. The highest BCUT2D eigenvalue weighted by molar-refractivity contribution is 8.03. The molecule has 2 bridgehead atoms. The number of carbonyl (C=O) groups is 1. The van der Waals surface area contributed by atoms with E-state index >= 15 is 4.39 Å². The van der Waals surface area contributed by atoms with E-state index in [1.54, 1.807) is 26.0 Å². The Kier molecular flexibility index (Phi) is 5.98. The molecular weight excluding hydrogens is 455 g/mol. The van der Waals surface area contributed by atoms with Crippen molar-refractivity contribution in [3.05, 3.63) is 53.2 Å². The standard InChI is InChI=1S/C25H27FN4O3S/c1-5-6-11-33-22-15-28-19(14-29-22)20(31)13-16-7-8-18(26)17(12-16)25(3)21-9-10-24(2,23(27)30-25)34(21,4)32/h7-8,12,14-15,21H,4,9-11,13H2,1-3H3,(H2,27,30)/t21?,24-,25-,34?/m1/s1. The molecule has 1 aromatic carbocycles. The Balaban J connectivity index is 1.61. The summed E-state index contributed by atoms with van der Waals surface area (Å²) in [5.74, 6) is 9.22. The molecule has 34 heavy (non-hydrogen) atoms. The van der Waals surface area contributed by atoms with Gasteiger partial charge in [0.15, 0.2) is 12.4 Å². The van der Waals surface area contributed by atoms with E-state index in [4.69, 9.17) is 10.5 Å². The third-order valence-corrected chi connectivity index (χ3v) is 10.5. The minimum Gasteiger partial charge on any atom is -0.463 e. The van der Waals surface area contributed by atoms with E-state index in [1.165, 1.54) is 18.5 Å². The van der Waals surface area contributed by atoms with Crippen LogP contribution >= 0.6 is 0 Å². The molecule has 9 heteroatoms. The number of hydrogen-bond acceptors (Lipinski definition) is 7. The second-order valence-corrected chi connectivity index (χ2v) is 11.9. The van der Waals surface area contributed by atoms with Crippen LogP contribution in [0.1, 0.15) is 55.2 Å². The molecule has 2 unspecified atom stereocenters. The number of carbonyl (C=O) groups excluding carboxylic acids is 1. The first kappa shape index (κ1) is 23.9. The number of nitrogens with zero attached hydrogens (tertiary/aromatic N) is 3. The average molecular weight is 483 g/mol. The van der Waals surface area contributed by atoms with Gasteiger partial charge in [-0.1, -0.05) is 12.0 Å². The minimum atomic E-state index is -2.67. The predicted octanol–water partition coefficient (Wildman–Crippen LogP) is 2.67. The zero-order valence-corrected chi connectivity index (χ0v) is 20.2. The Bertz CT molecular complexity index is 1340. The molecule has 1 saturated heterocycles. The van der Waals surface area contributed by atoms with Gasteiger partial charge in [-0.2, -0.15) is 0 Å². The molecular formula is C25H27FN4O3S. The summed E-state index contributed by atoms with van der Waals surface area (Å²) in [7, 11) is -2.67. The number of nitrogens with two attached hydrogens (primary N) is 1. The van der Waals surface area contributed by atoms with Crippen molar-refractivity contribution in [1.29, 1.82) is 0 Å². The van der Waals surface area contributed by atoms with Crippen molar-refractivity contribution < 1.29 is 18.1 Å². The Morgan fingerprint density at radius 2 is 2.12 bits per heavy atom. The van der Waals surface area contributed by atoms with Gasteiger partial charge in [0.05, 0.1) is 22.4 Å². The SMILES string of the molecule is C=S1(=O)C2CC[C@]1(C)C(N)=N[C@]2(C)c1cc(CC(=O)c2cnc(OCC#CC)cn2)ccc1F. The zero-order valence-electron chi connectivity index (χ0n) is 19.4. The third kappa shape index (κ3) is 3.76. The number of aliphatic imine (C=N–C) groups is 1. The van der Waals surface area contributed by atoms with Crippen LogP contribution in [-0.2, 0) is 21.5 Å². The summed E-state index contributed by atoms with van der Waals surface area (Å²) in [6.07, 6.45) is 3.86. The highest BCUT2D eigenvalue weighted by Crippen LogP contribution is 2.51. The maximum absolute atomic E-state index is 15.1. The minimum absolute atomic E-state index is 0.0130. The van der Waals surface area contributed by atoms with Gasteiger partial charge >= 0.3 is 0 Å². The topological polar surface area (TPSA) is 108 Å². The van der Waals surface area contributed by atoms with E-state index < -0.39 is 30.9 Å². The maximum atomic E-state index is 15.1. The Morgan fingerprint density at radius 3 is 2.79 bits per heavy atom. The number of fused-ring (bicyclic) bond motifs is 2. The van der Waals surface area contributed by atoms with Gasteiger partial charge < -0.3 is 10.5 Å². The lowest BCUT2D eigenvalue weighted by Crippen LogP contribution is -2.55. The first-order chi connectivity index (χ1) is 16.0. The number of halogens is 1. The van der Waals surface area contributed by atoms with Crippen LogP contribution in [0, 0.1) is 17.7 Å². The van der Waals surface area contributed by atoms with E-state index in [1.807, 2.05) is 6.92 Å². The molecule has 2 aliphatic heterocycles. The Morgan fingerprint density at radius 1 is 1.35 bits per heavy atom. The molecule has 7 nitrogen and oxygen atoms in total. The molecule has 0 aliphatic carbocycles. The van der Waals surface area contributed by atoms with E-state index in [2.05, 4.69) is 32.7 Å². The fraction of sp³-hybridized carbons (Fsp3) is 0.400. The number of ether oxygens (including phenoxy) is 1. The van der Waals surface area contributed by atoms with Gasteiger partial charge in [0.25, 0.3) is 0 Å². The van der Waals surface area contributed by atoms with E-state index in [9.17, 15) is 9.00 Å². The third-order valence-electron chi connectivity index (χ3n) is 6.95. The second kappa shape index (κ2) is 8.51. The molecule has 0 spiro atoms. The normalized spacial score (nSPS) is 29.6. The molecule has 2 aliphatic rings. The monoisotopic (exact) mass is 482 g/mol. The van der Waals surface area contributed by atoms with Crippen molar-refractivity contribution in [2.45, 2.75) is 55.6 Å². The molecule has 1 fully saturated rings. The van der Waals surface area contributed by atoms with Crippen LogP contribution in [0.15, 0.2) is 35.6 Å². The molecule has 4 atom stereocenters. The number of hydrogen-bond donors (Lipinski definition) is 1. The lowest BCUT2D eigenvalue weighted by molar-refractivity contribution is 0.0987. The lowest BCUT2D eigenvalue weighted by Gasteiger charge is -2.42. The summed E-state index contributed by atoms with van der Waals surface area (Å²) in [4.78, 5) is 25.7. The van der Waals surface area contributed by atoms with Crippen molar-refractivity contribution in [3.8, 4) is 17.7 Å². The highest BCUT2D eigenvalue weighted by atomic mass is 32.2. The number of benzene rings is 1. The van der Waals surface area contributed by atoms with Crippen LogP contribution in [0.3, 0.4) is 0 Å². The first-order valence-corrected chi connectivity index (χ1v) is 12.7. The van der Waals surface area contributed by atoms with Gasteiger partial charge in [-0.15, -0.1) is 5.92 Å². The van der Waals surface area contributed by atoms with Crippen LogP contribution in [0.2, 0.25) is 0 Å². The first-order valence-electron chi connectivity index (χ1n) is 10.9. The quantitative estimate of drug-likeness (QED) is 0.385. The Labute approximate surface area is 199 Å². The van der Waals surface area contributed by atoms with Crippen molar-refractivity contribution in [2.24, 2.45) is 10.7 Å². The molecule has 3 heterocycles. The average Bonchev–Trinajstić information content (AvgIpc) is 2.98. The van der Waals surface area contributed by atoms with Crippen LogP contribution < -0.4 is 10.5 Å². The summed E-state index contributed by atoms with van der Waals surface area (Å²) in [5, 5.41) is -0.450. The van der Waals surface area contributed by atoms with Crippen molar-refractivity contribution in [3.63, 3.8) is 0 Å². The van der Waals surface area contributed by atoms with Crippen molar-refractivity contribution >= 4 is 27.0 Å². The molecule has 2 aromatic rings. The van der Waals surface area contributed by atoms with Crippen molar-refractivity contribution in [2.75, 3.05) is 6.61 Å². The number of ketones is 1. The molecule has 2 N–H and O–H groups in total. The second-order valence-electron chi connectivity index (χ2n) is 9.00. The summed E-state index contributed by atoms with van der Waals surface area (Å²) in [6.45, 7) is 5.45. The number of amidine groups is 1. The van der Waals surface area contributed by atoms with Crippen LogP contribution in [0.5, 0.6) is 5.88 Å². The summed E-state index contributed by atoms with van der Waals surface area (Å²) >= 11 is 0. The molecule has 1 aromatic heterocycles. The largest absolute Gasteiger partial charge is 0.463 e. The summed E-state index contributed by atoms with van der Waals surface area (Å²) in [5.41, 5.74) is 6.13. The van der Waals surface area contributed by atoms with E-state index in [0.29, 0.717) is 18.4 Å². The van der Waals surface area contributed by atoms with Gasteiger partial charge in [0.2, 0.25) is 5.88 Å². The smallest absolute Gasteiger partial charge is 0.233 e. The predicted molar refractivity (Wildman–Crippen MR) is 131 cm³/mol. The highest BCUT2D eigenvalue weighted by Gasteiger charge is 2.59.